The smallest absolute Gasteiger partial charge is 0.332 e. The number of allylic oxidation sites excluding steroid dienone is 2. The summed E-state index contributed by atoms with van der Waals surface area (Å²) in [5, 5.41) is 16.9. The third-order valence-electron chi connectivity index (χ3n) is 3.05. The lowest BCUT2D eigenvalue weighted by Crippen LogP contribution is -2.12. The maximum absolute atomic E-state index is 11.2. The van der Waals surface area contributed by atoms with Crippen molar-refractivity contribution in [3.63, 3.8) is 0 Å². The van der Waals surface area contributed by atoms with Crippen LogP contribution in [0.3, 0.4) is 0 Å². The van der Waals surface area contributed by atoms with E-state index in [0.717, 1.165) is 25.7 Å². The normalized spacial score (nSPS) is 18.0. The highest BCUT2D eigenvalue weighted by Gasteiger charge is 2.29. The van der Waals surface area contributed by atoms with Crippen LogP contribution in [0.1, 0.15) is 25.7 Å². The maximum atomic E-state index is 11.2. The van der Waals surface area contributed by atoms with Gasteiger partial charge in [-0.15, -0.1) is 0 Å². The molecule has 0 radical (unpaired) electrons. The molecule has 0 spiro atoms. The monoisotopic (exact) mass is 270 g/mol. The largest absolute Gasteiger partial charge is 0.436 e. The van der Waals surface area contributed by atoms with Gasteiger partial charge in [-0.05, 0) is 12.8 Å². The van der Waals surface area contributed by atoms with Crippen LogP contribution in [0.2, 0.25) is 0 Å². The summed E-state index contributed by atoms with van der Waals surface area (Å²) in [5.74, 6) is -1.25. The Kier molecular flexibility index (Phi) is 6.24. The molecule has 106 valence electrons. The minimum Gasteiger partial charge on any atom is -0.436 e. The number of aliphatic hydroxyl groups is 2. The van der Waals surface area contributed by atoms with Crippen LogP contribution in [-0.2, 0) is 19.1 Å². The minimum absolute atomic E-state index is 0.372. The van der Waals surface area contributed by atoms with E-state index in [1.54, 1.807) is 12.2 Å². The molecular formula is C13H18O6. The average molecular weight is 270 g/mol. The summed E-state index contributed by atoms with van der Waals surface area (Å²) in [6, 6.07) is 0. The van der Waals surface area contributed by atoms with E-state index in [-0.39, 0.29) is 5.41 Å². The summed E-state index contributed by atoms with van der Waals surface area (Å²) in [7, 11) is 0. The molecule has 0 bridgehead atoms. The molecule has 0 saturated heterocycles. The van der Waals surface area contributed by atoms with Gasteiger partial charge < -0.3 is 19.7 Å². The van der Waals surface area contributed by atoms with E-state index in [1.807, 2.05) is 0 Å². The lowest BCUT2D eigenvalue weighted by molar-refractivity contribution is -0.146. The first-order chi connectivity index (χ1) is 9.12. The van der Waals surface area contributed by atoms with E-state index in [4.69, 9.17) is 10.2 Å². The van der Waals surface area contributed by atoms with Crippen LogP contribution < -0.4 is 0 Å². The number of rotatable bonds is 6. The summed E-state index contributed by atoms with van der Waals surface area (Å²) in [4.78, 5) is 22.3. The molecule has 6 nitrogen and oxygen atoms in total. The second-order valence-electron chi connectivity index (χ2n) is 4.29. The fraction of sp³-hybridized carbons (Fsp3) is 0.538. The summed E-state index contributed by atoms with van der Waals surface area (Å²) < 4.78 is 8.78. The summed E-state index contributed by atoms with van der Waals surface area (Å²) in [6.07, 6.45) is 9.50. The van der Waals surface area contributed by atoms with Crippen molar-refractivity contribution >= 4 is 11.9 Å². The SMILES string of the molecule is O=C(C=CC1(C=CC(=O)OCO)CCCC1)OCO. The molecule has 2 N–H and O–H groups in total. The molecule has 0 atom stereocenters. The molecule has 6 heteroatoms. The van der Waals surface area contributed by atoms with Crippen molar-refractivity contribution in [2.45, 2.75) is 25.7 Å². The second kappa shape index (κ2) is 7.70. The molecule has 19 heavy (non-hydrogen) atoms. The van der Waals surface area contributed by atoms with E-state index in [0.29, 0.717) is 0 Å². The molecule has 0 aliphatic heterocycles. The number of carbonyl (C=O) groups is 2. The first-order valence-corrected chi connectivity index (χ1v) is 6.05. The predicted molar refractivity (Wildman–Crippen MR) is 65.5 cm³/mol. The van der Waals surface area contributed by atoms with Gasteiger partial charge in [0, 0.05) is 17.6 Å². The third-order valence-corrected chi connectivity index (χ3v) is 3.05. The standard InChI is InChI=1S/C13H18O6/c14-9-18-11(16)3-7-13(5-1-2-6-13)8-4-12(17)19-10-15/h3-4,7-8,14-15H,1-2,5-6,9-10H2. The lowest BCUT2D eigenvalue weighted by Gasteiger charge is -2.19. The van der Waals surface area contributed by atoms with Crippen molar-refractivity contribution in [3.8, 4) is 0 Å². The first-order valence-electron chi connectivity index (χ1n) is 6.05. The van der Waals surface area contributed by atoms with Gasteiger partial charge in [-0.3, -0.25) is 0 Å². The Morgan fingerprint density at radius 1 is 0.947 bits per heavy atom. The van der Waals surface area contributed by atoms with Crippen LogP contribution in [0.5, 0.6) is 0 Å². The molecule has 0 aromatic heterocycles. The van der Waals surface area contributed by atoms with Gasteiger partial charge in [-0.2, -0.15) is 0 Å². The van der Waals surface area contributed by atoms with Crippen LogP contribution in [0, 0.1) is 5.41 Å². The van der Waals surface area contributed by atoms with Crippen LogP contribution in [-0.4, -0.2) is 35.7 Å². The van der Waals surface area contributed by atoms with Crippen LogP contribution in [0.15, 0.2) is 24.3 Å². The molecule has 0 amide bonds. The molecule has 0 aromatic carbocycles. The topological polar surface area (TPSA) is 93.1 Å². The second-order valence-corrected chi connectivity index (χ2v) is 4.29. The number of ether oxygens (including phenoxy) is 2. The first kappa shape index (κ1) is 15.4. The molecule has 1 rings (SSSR count). The van der Waals surface area contributed by atoms with Crippen molar-refractivity contribution in [3.05, 3.63) is 24.3 Å². The van der Waals surface area contributed by atoms with Crippen LogP contribution >= 0.6 is 0 Å². The molecule has 1 fully saturated rings. The van der Waals surface area contributed by atoms with Gasteiger partial charge >= 0.3 is 11.9 Å². The van der Waals surface area contributed by atoms with Gasteiger partial charge in [0.1, 0.15) is 0 Å². The van der Waals surface area contributed by atoms with E-state index >= 15 is 0 Å². The summed E-state index contributed by atoms with van der Waals surface area (Å²) >= 11 is 0. The molecule has 0 unspecified atom stereocenters. The van der Waals surface area contributed by atoms with E-state index < -0.39 is 25.5 Å². The predicted octanol–water partition coefficient (Wildman–Crippen LogP) is 0.645. The van der Waals surface area contributed by atoms with E-state index in [1.165, 1.54) is 12.2 Å². The number of hydrogen-bond acceptors (Lipinski definition) is 6. The van der Waals surface area contributed by atoms with E-state index in [2.05, 4.69) is 9.47 Å². The van der Waals surface area contributed by atoms with Crippen molar-refractivity contribution < 1.29 is 29.3 Å². The Bertz CT molecular complexity index is 335. The quantitative estimate of drug-likeness (QED) is 0.418. The zero-order valence-corrected chi connectivity index (χ0v) is 10.6. The van der Waals surface area contributed by atoms with Crippen LogP contribution in [0.4, 0.5) is 0 Å². The third kappa shape index (κ3) is 5.23. The Balaban J connectivity index is 2.69. The number of hydrogen-bond donors (Lipinski definition) is 2. The number of esters is 2. The lowest BCUT2D eigenvalue weighted by atomic mass is 9.85. The van der Waals surface area contributed by atoms with Gasteiger partial charge in [-0.1, -0.05) is 25.0 Å². The maximum Gasteiger partial charge on any atom is 0.332 e. The molecular weight excluding hydrogens is 252 g/mol. The highest BCUT2D eigenvalue weighted by Crippen LogP contribution is 2.40. The zero-order valence-electron chi connectivity index (χ0n) is 10.6. The molecule has 0 aromatic rings. The molecule has 1 aliphatic rings. The highest BCUT2D eigenvalue weighted by atomic mass is 16.6. The zero-order chi connectivity index (χ0) is 14.1. The van der Waals surface area contributed by atoms with Gasteiger partial charge in [-0.25, -0.2) is 9.59 Å². The average Bonchev–Trinajstić information content (AvgIpc) is 2.84. The van der Waals surface area contributed by atoms with Crippen molar-refractivity contribution in [1.29, 1.82) is 0 Å². The van der Waals surface area contributed by atoms with Crippen molar-refractivity contribution in [2.24, 2.45) is 5.41 Å². The summed E-state index contributed by atoms with van der Waals surface area (Å²) in [6.45, 7) is -1.32. The molecule has 1 aliphatic carbocycles. The van der Waals surface area contributed by atoms with E-state index in [9.17, 15) is 9.59 Å². The van der Waals surface area contributed by atoms with Gasteiger partial charge in [0.05, 0.1) is 0 Å². The van der Waals surface area contributed by atoms with Gasteiger partial charge in [0.25, 0.3) is 0 Å². The molecule has 1 saturated carbocycles. The number of carbonyl (C=O) groups excluding carboxylic acids is 2. The Labute approximate surface area is 111 Å². The fourth-order valence-corrected chi connectivity index (χ4v) is 2.11. The summed E-state index contributed by atoms with van der Waals surface area (Å²) in [5.41, 5.74) is -0.372. The van der Waals surface area contributed by atoms with Gasteiger partial charge in [0.2, 0.25) is 0 Å². The highest BCUT2D eigenvalue weighted by molar-refractivity contribution is 5.83. The fourth-order valence-electron chi connectivity index (χ4n) is 2.11. The van der Waals surface area contributed by atoms with Crippen LogP contribution in [0.25, 0.3) is 0 Å². The number of aliphatic hydroxyl groups excluding tert-OH is 2. The van der Waals surface area contributed by atoms with Gasteiger partial charge in [0.15, 0.2) is 13.6 Å². The minimum atomic E-state index is -0.658. The van der Waals surface area contributed by atoms with Crippen molar-refractivity contribution in [1.82, 2.24) is 0 Å². The Morgan fingerprint density at radius 3 is 1.74 bits per heavy atom. The Hall–Kier alpha value is -1.66. The van der Waals surface area contributed by atoms with Crippen molar-refractivity contribution in [2.75, 3.05) is 13.6 Å². The molecule has 0 heterocycles. The Morgan fingerprint density at radius 2 is 1.37 bits per heavy atom.